The van der Waals surface area contributed by atoms with Crippen LogP contribution >= 0.6 is 0 Å². The Morgan fingerprint density at radius 3 is 2.35 bits per heavy atom. The van der Waals surface area contributed by atoms with Crippen LogP contribution in [-0.2, 0) is 17.9 Å². The van der Waals surface area contributed by atoms with Crippen LogP contribution in [0.3, 0.4) is 0 Å². The van der Waals surface area contributed by atoms with Crippen molar-refractivity contribution in [2.24, 2.45) is 17.4 Å². The molecule has 5 heteroatoms. The van der Waals surface area contributed by atoms with Crippen LogP contribution in [-0.4, -0.2) is 24.0 Å². The summed E-state index contributed by atoms with van der Waals surface area (Å²) in [7, 11) is 0. The number of rotatable bonds is 6. The zero-order chi connectivity index (χ0) is 27.5. The van der Waals surface area contributed by atoms with Crippen molar-refractivity contribution in [2.75, 3.05) is 4.90 Å². The summed E-state index contributed by atoms with van der Waals surface area (Å²) in [5.74, 6) is 0.898. The van der Waals surface area contributed by atoms with Crippen LogP contribution in [0.25, 0.3) is 10.8 Å². The third kappa shape index (κ3) is 5.64. The minimum Gasteiger partial charge on any atom is -0.354 e. The van der Waals surface area contributed by atoms with Gasteiger partial charge in [0.15, 0.2) is 0 Å². The maximum atomic E-state index is 14.5. The molecule has 3 aromatic rings. The van der Waals surface area contributed by atoms with E-state index < -0.39 is 0 Å². The number of carbonyl (C=O) groups excluding carboxylic acids is 1. The van der Waals surface area contributed by atoms with Gasteiger partial charge in [-0.3, -0.25) is 4.79 Å². The van der Waals surface area contributed by atoms with Crippen molar-refractivity contribution in [3.63, 3.8) is 0 Å². The van der Waals surface area contributed by atoms with Gasteiger partial charge in [-0.1, -0.05) is 86.7 Å². The molecule has 2 fully saturated rings. The largest absolute Gasteiger partial charge is 0.354 e. The summed E-state index contributed by atoms with van der Waals surface area (Å²) < 4.78 is 0. The Bertz CT molecular complexity index is 1300. The van der Waals surface area contributed by atoms with Crippen molar-refractivity contribution in [2.45, 2.75) is 108 Å². The van der Waals surface area contributed by atoms with Crippen molar-refractivity contribution in [3.8, 4) is 0 Å². The molecule has 5 nitrogen and oxygen atoms in total. The number of anilines is 1. The third-order valence-corrected chi connectivity index (χ3v) is 9.94. The summed E-state index contributed by atoms with van der Waals surface area (Å²) in [5.41, 5.74) is 17.3. The maximum absolute atomic E-state index is 14.5. The average Bonchev–Trinajstić information content (AvgIpc) is 3.27. The number of nitrogens with one attached hydrogen (secondary N) is 1. The van der Waals surface area contributed by atoms with Gasteiger partial charge in [0.1, 0.15) is 6.04 Å². The van der Waals surface area contributed by atoms with Crippen molar-refractivity contribution in [3.05, 3.63) is 77.4 Å². The molecule has 0 aromatic heterocycles. The van der Waals surface area contributed by atoms with Gasteiger partial charge in [-0.05, 0) is 78.0 Å². The highest BCUT2D eigenvalue weighted by atomic mass is 16.2. The van der Waals surface area contributed by atoms with Gasteiger partial charge in [0.05, 0.1) is 0 Å². The molecule has 0 spiro atoms. The molecule has 2 saturated carbocycles. The van der Waals surface area contributed by atoms with E-state index in [0.29, 0.717) is 19.0 Å². The van der Waals surface area contributed by atoms with Crippen LogP contribution in [0.5, 0.6) is 0 Å². The number of carbonyl (C=O) groups is 1. The second-order valence-corrected chi connectivity index (χ2v) is 12.6. The van der Waals surface area contributed by atoms with E-state index in [4.69, 9.17) is 11.5 Å². The zero-order valence-electron chi connectivity index (χ0n) is 23.9. The van der Waals surface area contributed by atoms with E-state index in [9.17, 15) is 4.79 Å². The molecule has 2 unspecified atom stereocenters. The van der Waals surface area contributed by atoms with Gasteiger partial charge < -0.3 is 21.7 Å². The Balaban J connectivity index is 1.41. The lowest BCUT2D eigenvalue weighted by Crippen LogP contribution is -2.52. The number of fused-ring (bicyclic) bond motifs is 2. The van der Waals surface area contributed by atoms with Gasteiger partial charge in [0, 0.05) is 36.8 Å². The van der Waals surface area contributed by atoms with Gasteiger partial charge in [0.2, 0.25) is 5.91 Å². The summed E-state index contributed by atoms with van der Waals surface area (Å²) in [6, 6.07) is 22.2. The summed E-state index contributed by atoms with van der Waals surface area (Å²) >= 11 is 0. The van der Waals surface area contributed by atoms with Crippen LogP contribution in [0, 0.1) is 5.92 Å². The van der Waals surface area contributed by atoms with Crippen molar-refractivity contribution >= 4 is 22.4 Å². The fraction of sp³-hybridized carbons (Fsp3) is 0.514. The molecule has 212 valence electrons. The Morgan fingerprint density at radius 2 is 1.57 bits per heavy atom. The third-order valence-electron chi connectivity index (χ3n) is 9.94. The Kier molecular flexibility index (Phi) is 8.40. The van der Waals surface area contributed by atoms with Gasteiger partial charge in [-0.25, -0.2) is 0 Å². The lowest BCUT2D eigenvalue weighted by Gasteiger charge is -2.36. The Labute approximate surface area is 239 Å². The molecule has 6 rings (SSSR count). The minimum atomic E-state index is -0.220. The molecule has 0 saturated heterocycles. The molecule has 0 radical (unpaired) electrons. The Morgan fingerprint density at radius 1 is 0.850 bits per heavy atom. The molecule has 40 heavy (non-hydrogen) atoms. The fourth-order valence-electron chi connectivity index (χ4n) is 7.77. The van der Waals surface area contributed by atoms with E-state index in [0.717, 1.165) is 31.2 Å². The summed E-state index contributed by atoms with van der Waals surface area (Å²) in [4.78, 5) is 16.9. The predicted octanol–water partition coefficient (Wildman–Crippen LogP) is 6.52. The highest BCUT2D eigenvalue weighted by Gasteiger charge is 2.46. The van der Waals surface area contributed by atoms with Crippen LogP contribution in [0.2, 0.25) is 0 Å². The molecule has 2 atom stereocenters. The molecule has 0 bridgehead atoms. The molecule has 1 heterocycles. The lowest BCUT2D eigenvalue weighted by atomic mass is 9.75. The van der Waals surface area contributed by atoms with Crippen molar-refractivity contribution in [1.29, 1.82) is 0 Å². The van der Waals surface area contributed by atoms with Gasteiger partial charge in [-0.15, -0.1) is 0 Å². The molecule has 5 N–H and O–H groups in total. The smallest absolute Gasteiger partial charge is 0.243 e. The summed E-state index contributed by atoms with van der Waals surface area (Å²) in [6.07, 6.45) is 12.8. The predicted molar refractivity (Wildman–Crippen MR) is 165 cm³/mol. The molecular weight excluding hydrogens is 492 g/mol. The van der Waals surface area contributed by atoms with E-state index >= 15 is 0 Å². The standard InChI is InChI=1S/C35H46N4O/c36-22-24-15-20-31-32(21-24)39(23-27-13-8-12-25-9-6-7-14-30(25)27)34(33(31)26-10-4-2-1-3-5-11-26)35(40)38-29-18-16-28(37)17-19-29/h6-9,12-15,20-21,26,28-29,33-34H,1-5,10-11,16-19,22-23,36-37H2,(H,38,40). The zero-order valence-corrected chi connectivity index (χ0v) is 23.9. The topological polar surface area (TPSA) is 84.4 Å². The van der Waals surface area contributed by atoms with Crippen LogP contribution in [0.15, 0.2) is 60.7 Å². The number of nitrogens with two attached hydrogens (primary N) is 2. The minimum absolute atomic E-state index is 0.193. The molecular formula is C35H46N4O. The first kappa shape index (κ1) is 27.3. The summed E-state index contributed by atoms with van der Waals surface area (Å²) in [5, 5.41) is 6.04. The lowest BCUT2D eigenvalue weighted by molar-refractivity contribution is -0.124. The van der Waals surface area contributed by atoms with E-state index in [1.807, 2.05) is 0 Å². The van der Waals surface area contributed by atoms with Crippen LogP contribution in [0.1, 0.15) is 93.2 Å². The first-order valence-corrected chi connectivity index (χ1v) is 15.7. The SMILES string of the molecule is NCc1ccc2c(c1)N(Cc1cccc3ccccc13)C(C(=O)NC1CCC(N)CC1)C2C1CCCCCCC1. The molecule has 3 aromatic carbocycles. The van der Waals surface area contributed by atoms with Gasteiger partial charge in [0.25, 0.3) is 0 Å². The van der Waals surface area contributed by atoms with E-state index in [1.165, 1.54) is 72.5 Å². The molecule has 2 aliphatic carbocycles. The molecule has 1 aliphatic heterocycles. The number of hydrogen-bond donors (Lipinski definition) is 3. The van der Waals surface area contributed by atoms with Crippen molar-refractivity contribution < 1.29 is 4.79 Å². The summed E-state index contributed by atoms with van der Waals surface area (Å²) in [6.45, 7) is 1.21. The van der Waals surface area contributed by atoms with E-state index in [1.54, 1.807) is 0 Å². The van der Waals surface area contributed by atoms with Crippen LogP contribution in [0.4, 0.5) is 5.69 Å². The normalized spacial score (nSPS) is 25.8. The Hall–Kier alpha value is -2.89. The van der Waals surface area contributed by atoms with Gasteiger partial charge in [-0.2, -0.15) is 0 Å². The average molecular weight is 539 g/mol. The highest BCUT2D eigenvalue weighted by molar-refractivity contribution is 5.91. The highest BCUT2D eigenvalue weighted by Crippen LogP contribution is 2.49. The number of benzene rings is 3. The van der Waals surface area contributed by atoms with E-state index in [2.05, 4.69) is 70.9 Å². The second kappa shape index (κ2) is 12.3. The second-order valence-electron chi connectivity index (χ2n) is 12.6. The number of amides is 1. The van der Waals surface area contributed by atoms with E-state index in [-0.39, 0.29) is 30.0 Å². The van der Waals surface area contributed by atoms with Crippen molar-refractivity contribution in [1.82, 2.24) is 5.32 Å². The monoisotopic (exact) mass is 538 g/mol. The maximum Gasteiger partial charge on any atom is 0.243 e. The first-order valence-electron chi connectivity index (χ1n) is 15.7. The molecule has 1 amide bonds. The first-order chi connectivity index (χ1) is 19.6. The number of hydrogen-bond acceptors (Lipinski definition) is 4. The fourth-order valence-corrected chi connectivity index (χ4v) is 7.77. The van der Waals surface area contributed by atoms with Crippen LogP contribution < -0.4 is 21.7 Å². The quantitative estimate of drug-likeness (QED) is 0.334. The molecule has 3 aliphatic rings. The van der Waals surface area contributed by atoms with Gasteiger partial charge >= 0.3 is 0 Å². The number of nitrogens with zero attached hydrogens (tertiary/aromatic N) is 1.